The lowest BCUT2D eigenvalue weighted by molar-refractivity contribution is -0.137. The minimum Gasteiger partial charge on any atom is -0.345 e. The van der Waals surface area contributed by atoms with Crippen LogP contribution in [0.25, 0.3) is 27.5 Å². The molecule has 36 heavy (non-hydrogen) atoms. The highest BCUT2D eigenvalue weighted by Gasteiger charge is 2.30. The van der Waals surface area contributed by atoms with Crippen LogP contribution in [0.2, 0.25) is 0 Å². The fourth-order valence-electron chi connectivity index (χ4n) is 4.19. The maximum absolute atomic E-state index is 13.4. The number of carbonyl (C=O) groups is 1. The number of fused-ring (bicyclic) bond motifs is 3. The number of hydrogen-bond acceptors (Lipinski definition) is 4. The number of amides is 1. The van der Waals surface area contributed by atoms with Gasteiger partial charge in [-0.05, 0) is 61.0 Å². The van der Waals surface area contributed by atoms with Crippen molar-refractivity contribution in [2.45, 2.75) is 19.1 Å². The molecule has 0 saturated carbocycles. The van der Waals surface area contributed by atoms with Gasteiger partial charge in [0.05, 0.1) is 22.5 Å². The van der Waals surface area contributed by atoms with Crippen LogP contribution in [0, 0.1) is 0 Å². The molecule has 10 heteroatoms. The molecule has 0 unspecified atom stereocenters. The first-order chi connectivity index (χ1) is 17.1. The van der Waals surface area contributed by atoms with Crippen LogP contribution in [0.15, 0.2) is 78.0 Å². The predicted molar refractivity (Wildman–Crippen MR) is 129 cm³/mol. The summed E-state index contributed by atoms with van der Waals surface area (Å²) >= 11 is 0. The van der Waals surface area contributed by atoms with E-state index < -0.39 is 17.3 Å². The van der Waals surface area contributed by atoms with E-state index in [0.29, 0.717) is 22.0 Å². The molecule has 5 aromatic rings. The van der Waals surface area contributed by atoms with Crippen molar-refractivity contribution < 1.29 is 18.0 Å². The molecule has 5 rings (SSSR count). The van der Waals surface area contributed by atoms with Gasteiger partial charge in [-0.2, -0.15) is 18.3 Å². The summed E-state index contributed by atoms with van der Waals surface area (Å²) in [7, 11) is 1.67. The molecular weight excluding hydrogens is 471 g/mol. The summed E-state index contributed by atoms with van der Waals surface area (Å²) in [5.41, 5.74) is 1.04. The van der Waals surface area contributed by atoms with Gasteiger partial charge in [-0.1, -0.05) is 6.07 Å². The second kappa shape index (κ2) is 8.63. The van der Waals surface area contributed by atoms with Crippen LogP contribution < -0.4 is 10.9 Å². The van der Waals surface area contributed by atoms with Gasteiger partial charge in [0.2, 0.25) is 0 Å². The van der Waals surface area contributed by atoms with Crippen molar-refractivity contribution in [3.8, 4) is 5.69 Å². The van der Waals surface area contributed by atoms with Gasteiger partial charge < -0.3 is 5.32 Å². The predicted octanol–water partition coefficient (Wildman–Crippen LogP) is 4.78. The van der Waals surface area contributed by atoms with E-state index in [1.807, 2.05) is 13.0 Å². The quantitative estimate of drug-likeness (QED) is 0.392. The van der Waals surface area contributed by atoms with Crippen LogP contribution in [0.5, 0.6) is 0 Å². The number of carbonyl (C=O) groups excluding carboxylic acids is 1. The zero-order valence-corrected chi connectivity index (χ0v) is 19.2. The van der Waals surface area contributed by atoms with Crippen LogP contribution >= 0.6 is 0 Å². The largest absolute Gasteiger partial charge is 0.416 e. The number of rotatable bonds is 4. The average Bonchev–Trinajstić information content (AvgIpc) is 3.26. The van der Waals surface area contributed by atoms with Crippen molar-refractivity contribution >= 4 is 27.7 Å². The van der Waals surface area contributed by atoms with Crippen LogP contribution in [0.3, 0.4) is 0 Å². The van der Waals surface area contributed by atoms with Crippen molar-refractivity contribution in [2.75, 3.05) is 0 Å². The normalized spacial score (nSPS) is 12.7. The second-order valence-corrected chi connectivity index (χ2v) is 8.46. The standard InChI is InChI=1S/C26H20F3N5O2/c1-15(17-4-3-11-30-13-17)31-24(35)16-5-10-22-20(12-16)23-21(14-33(2)32-23)25(36)34(22)19-8-6-18(7-9-19)26(27,28)29/h3-15H,1-2H3,(H,31,35)/t15-/m0/s1. The lowest BCUT2D eigenvalue weighted by atomic mass is 10.1. The van der Waals surface area contributed by atoms with E-state index in [9.17, 15) is 22.8 Å². The third-order valence-corrected chi connectivity index (χ3v) is 6.00. The fraction of sp³-hybridized carbons (Fsp3) is 0.154. The Balaban J connectivity index is 1.63. The monoisotopic (exact) mass is 491 g/mol. The molecule has 1 N–H and O–H groups in total. The van der Waals surface area contributed by atoms with Gasteiger partial charge in [-0.15, -0.1) is 0 Å². The summed E-state index contributed by atoms with van der Waals surface area (Å²) in [5, 5.41) is 8.14. The lowest BCUT2D eigenvalue weighted by Gasteiger charge is -2.16. The molecule has 7 nitrogen and oxygen atoms in total. The summed E-state index contributed by atoms with van der Waals surface area (Å²) in [6.45, 7) is 1.84. The summed E-state index contributed by atoms with van der Waals surface area (Å²) in [4.78, 5) is 30.5. The van der Waals surface area contributed by atoms with Crippen molar-refractivity contribution in [1.82, 2.24) is 24.6 Å². The molecule has 182 valence electrons. The molecule has 0 spiro atoms. The highest BCUT2D eigenvalue weighted by Crippen LogP contribution is 2.31. The van der Waals surface area contributed by atoms with Crippen LogP contribution in [0.4, 0.5) is 13.2 Å². The van der Waals surface area contributed by atoms with E-state index >= 15 is 0 Å². The van der Waals surface area contributed by atoms with Crippen LogP contribution in [-0.4, -0.2) is 25.2 Å². The Kier molecular flexibility index (Phi) is 5.58. The minimum atomic E-state index is -4.49. The zero-order valence-electron chi connectivity index (χ0n) is 19.2. The Bertz CT molecular complexity index is 1660. The summed E-state index contributed by atoms with van der Waals surface area (Å²) < 4.78 is 42.0. The molecule has 3 heterocycles. The Morgan fingerprint density at radius 2 is 1.81 bits per heavy atom. The summed E-state index contributed by atoms with van der Waals surface area (Å²) in [5.74, 6) is -0.329. The Labute approximate surface area is 202 Å². The van der Waals surface area contributed by atoms with Gasteiger partial charge >= 0.3 is 6.18 Å². The van der Waals surface area contributed by atoms with Gasteiger partial charge in [-0.25, -0.2) is 0 Å². The Morgan fingerprint density at radius 1 is 1.06 bits per heavy atom. The van der Waals surface area contributed by atoms with Crippen molar-refractivity contribution in [1.29, 1.82) is 0 Å². The summed E-state index contributed by atoms with van der Waals surface area (Å²) in [6.07, 6.45) is 0.379. The van der Waals surface area contributed by atoms with E-state index in [0.717, 1.165) is 17.7 Å². The van der Waals surface area contributed by atoms with Gasteiger partial charge in [0.15, 0.2) is 0 Å². The van der Waals surface area contributed by atoms with Gasteiger partial charge in [0.25, 0.3) is 11.5 Å². The number of nitrogens with zero attached hydrogens (tertiary/aromatic N) is 4. The van der Waals surface area contributed by atoms with Gasteiger partial charge in [0, 0.05) is 42.3 Å². The number of pyridine rings is 2. The minimum absolute atomic E-state index is 0.270. The van der Waals surface area contributed by atoms with Crippen LogP contribution in [-0.2, 0) is 13.2 Å². The molecule has 2 aromatic carbocycles. The van der Waals surface area contributed by atoms with E-state index in [-0.39, 0.29) is 23.0 Å². The number of aryl methyl sites for hydroxylation is 1. The number of aromatic nitrogens is 4. The van der Waals surface area contributed by atoms with Crippen molar-refractivity contribution in [3.05, 3.63) is 100 Å². The molecular formula is C26H20F3N5O2. The molecule has 0 aliphatic carbocycles. The Morgan fingerprint density at radius 3 is 2.47 bits per heavy atom. The van der Waals surface area contributed by atoms with Crippen molar-refractivity contribution in [2.24, 2.45) is 7.05 Å². The number of nitrogens with one attached hydrogen (secondary N) is 1. The lowest BCUT2D eigenvalue weighted by Crippen LogP contribution is -2.27. The van der Waals surface area contributed by atoms with E-state index in [2.05, 4.69) is 15.4 Å². The molecule has 0 radical (unpaired) electrons. The molecule has 0 aliphatic heterocycles. The SMILES string of the molecule is C[C@H](NC(=O)c1ccc2c(c1)c1nn(C)cc1c(=O)n2-c1ccc(C(F)(F)F)cc1)c1cccnc1. The number of hydrogen-bond donors (Lipinski definition) is 1. The number of halogens is 3. The Hall–Kier alpha value is -4.47. The molecule has 1 amide bonds. The number of alkyl halides is 3. The van der Waals surface area contributed by atoms with Crippen LogP contribution in [0.1, 0.15) is 34.5 Å². The first kappa shape index (κ1) is 23.3. The van der Waals surface area contributed by atoms with Crippen molar-refractivity contribution in [3.63, 3.8) is 0 Å². The van der Waals surface area contributed by atoms with E-state index in [4.69, 9.17) is 0 Å². The van der Waals surface area contributed by atoms with E-state index in [1.165, 1.54) is 21.4 Å². The average molecular weight is 491 g/mol. The molecule has 0 bridgehead atoms. The second-order valence-electron chi connectivity index (χ2n) is 8.46. The highest BCUT2D eigenvalue weighted by molar-refractivity contribution is 6.07. The maximum Gasteiger partial charge on any atom is 0.416 e. The zero-order chi connectivity index (χ0) is 25.6. The molecule has 3 aromatic heterocycles. The number of benzene rings is 2. The van der Waals surface area contributed by atoms with Gasteiger partial charge in [0.1, 0.15) is 5.52 Å². The molecule has 0 aliphatic rings. The third-order valence-electron chi connectivity index (χ3n) is 6.00. The molecule has 0 saturated heterocycles. The first-order valence-corrected chi connectivity index (χ1v) is 11.0. The summed E-state index contributed by atoms with van der Waals surface area (Å²) in [6, 6.07) is 12.5. The molecule has 1 atom stereocenters. The first-order valence-electron chi connectivity index (χ1n) is 11.0. The third kappa shape index (κ3) is 4.10. The van der Waals surface area contributed by atoms with Gasteiger partial charge in [-0.3, -0.25) is 23.8 Å². The maximum atomic E-state index is 13.4. The smallest absolute Gasteiger partial charge is 0.345 e. The molecule has 0 fully saturated rings. The van der Waals surface area contributed by atoms with E-state index in [1.54, 1.807) is 49.9 Å². The fourth-order valence-corrected chi connectivity index (χ4v) is 4.19. The highest BCUT2D eigenvalue weighted by atomic mass is 19.4. The topological polar surface area (TPSA) is 81.8 Å².